The van der Waals surface area contributed by atoms with Gasteiger partial charge in [0.05, 0.1) is 33.8 Å². The molecule has 1 fully saturated rings. The highest BCUT2D eigenvalue weighted by atomic mass is 35.5. The smallest absolute Gasteiger partial charge is 0.255 e. The Morgan fingerprint density at radius 2 is 1.80 bits per heavy atom. The molecule has 0 aromatic heterocycles. The number of carbonyl (C=O) groups is 2. The van der Waals surface area contributed by atoms with Gasteiger partial charge in [-0.1, -0.05) is 31.9 Å². The molecule has 1 aliphatic rings. The van der Waals surface area contributed by atoms with E-state index in [1.165, 1.54) is 19.2 Å². The Morgan fingerprint density at radius 1 is 1.15 bits per heavy atom. The van der Waals surface area contributed by atoms with Crippen LogP contribution in [-0.2, 0) is 19.4 Å². The summed E-state index contributed by atoms with van der Waals surface area (Å²) in [5.41, 5.74) is -1.95. The van der Waals surface area contributed by atoms with Crippen LogP contribution in [0.3, 0.4) is 0 Å². The van der Waals surface area contributed by atoms with Crippen LogP contribution in [0.15, 0.2) is 35.2 Å². The van der Waals surface area contributed by atoms with Gasteiger partial charge < -0.3 is 20.5 Å². The monoisotopic (exact) mass is 604 g/mol. The standard InChI is InChI=1S/C27H32ClF3N2O6S/c1-4-17-11-19(9-15(2)27(17,36)14-24(34)32-7-8-39-3)40(37,38)23-10-16(5-6-20(23)28)26(35)33-18-12-21(29)25(31)22(30)13-18/h5-6,10,12-13,15,17,19,36H,4,7-9,11,14H2,1-3H3,(H,32,34)(H,33,35)/t15-,17?,19-,27-/m0/s1. The predicted octanol–water partition coefficient (Wildman–Crippen LogP) is 4.49. The van der Waals surface area contributed by atoms with Gasteiger partial charge in [-0.25, -0.2) is 21.6 Å². The van der Waals surface area contributed by atoms with Gasteiger partial charge in [0, 0.05) is 37.0 Å². The first-order chi connectivity index (χ1) is 18.7. The molecule has 8 nitrogen and oxygen atoms in total. The normalized spacial score (nSPS) is 23.1. The topological polar surface area (TPSA) is 122 Å². The number of anilines is 1. The van der Waals surface area contributed by atoms with Crippen LogP contribution in [0.2, 0.25) is 5.02 Å². The molecular weight excluding hydrogens is 573 g/mol. The molecule has 0 aliphatic heterocycles. The lowest BCUT2D eigenvalue weighted by molar-refractivity contribution is -0.138. The highest BCUT2D eigenvalue weighted by Gasteiger charge is 2.50. The minimum Gasteiger partial charge on any atom is -0.389 e. The summed E-state index contributed by atoms with van der Waals surface area (Å²) in [6.45, 7) is 4.09. The van der Waals surface area contributed by atoms with Gasteiger partial charge in [0.2, 0.25) is 5.91 Å². The molecule has 13 heteroatoms. The van der Waals surface area contributed by atoms with Crippen LogP contribution in [-0.4, -0.2) is 56.5 Å². The van der Waals surface area contributed by atoms with E-state index in [1.54, 1.807) is 13.8 Å². The number of amides is 2. The van der Waals surface area contributed by atoms with E-state index in [4.69, 9.17) is 16.3 Å². The van der Waals surface area contributed by atoms with E-state index in [2.05, 4.69) is 10.6 Å². The van der Waals surface area contributed by atoms with E-state index in [-0.39, 0.29) is 52.9 Å². The Labute approximate surface area is 236 Å². The van der Waals surface area contributed by atoms with Crippen LogP contribution < -0.4 is 10.6 Å². The van der Waals surface area contributed by atoms with E-state index >= 15 is 0 Å². The molecule has 1 unspecified atom stereocenters. The van der Waals surface area contributed by atoms with Crippen molar-refractivity contribution in [3.05, 3.63) is 58.4 Å². The van der Waals surface area contributed by atoms with E-state index < -0.39 is 55.9 Å². The number of carbonyl (C=O) groups excluding carboxylic acids is 2. The maximum atomic E-state index is 13.8. The van der Waals surface area contributed by atoms with Crippen LogP contribution >= 0.6 is 11.6 Å². The highest BCUT2D eigenvalue weighted by Crippen LogP contribution is 2.46. The second kappa shape index (κ2) is 12.9. The van der Waals surface area contributed by atoms with Gasteiger partial charge in [-0.15, -0.1) is 0 Å². The average molecular weight is 605 g/mol. The fraction of sp³-hybridized carbons (Fsp3) is 0.481. The van der Waals surface area contributed by atoms with Crippen LogP contribution in [0.5, 0.6) is 0 Å². The van der Waals surface area contributed by atoms with Crippen molar-refractivity contribution < 1.29 is 41.0 Å². The number of rotatable bonds is 10. The minimum absolute atomic E-state index is 0.0432. The Kier molecular flexibility index (Phi) is 10.3. The van der Waals surface area contributed by atoms with E-state index in [0.717, 1.165) is 6.07 Å². The molecule has 40 heavy (non-hydrogen) atoms. The maximum Gasteiger partial charge on any atom is 0.255 e. The number of hydrogen-bond acceptors (Lipinski definition) is 6. The minimum atomic E-state index is -4.12. The molecule has 3 rings (SSSR count). The third kappa shape index (κ3) is 6.79. The largest absolute Gasteiger partial charge is 0.389 e. The summed E-state index contributed by atoms with van der Waals surface area (Å²) < 4.78 is 72.8. The SMILES string of the molecule is CCC1C[C@@H](S(=O)(=O)c2cc(C(=O)Nc3cc(F)c(F)c(F)c3)ccc2Cl)C[C@H](C)[C@@]1(O)CC(=O)NCCOC. The molecule has 3 N–H and O–H groups in total. The molecule has 0 heterocycles. The third-order valence-electron chi connectivity index (χ3n) is 7.47. The molecule has 1 saturated carbocycles. The second-order valence-electron chi connectivity index (χ2n) is 10.0. The van der Waals surface area contributed by atoms with E-state index in [0.29, 0.717) is 25.2 Å². The summed E-state index contributed by atoms with van der Waals surface area (Å²) in [7, 11) is -2.62. The summed E-state index contributed by atoms with van der Waals surface area (Å²) in [5, 5.41) is 15.3. The Balaban J connectivity index is 1.84. The van der Waals surface area contributed by atoms with Gasteiger partial charge in [0.15, 0.2) is 27.3 Å². The third-order valence-corrected chi connectivity index (χ3v) is 10.1. The summed E-state index contributed by atoms with van der Waals surface area (Å²) in [4.78, 5) is 24.9. The molecule has 2 amide bonds. The zero-order chi connectivity index (χ0) is 29.8. The van der Waals surface area contributed by atoms with Crippen molar-refractivity contribution in [1.29, 1.82) is 0 Å². The van der Waals surface area contributed by atoms with Crippen molar-refractivity contribution >= 4 is 38.9 Å². The number of nitrogens with one attached hydrogen (secondary N) is 2. The first-order valence-corrected chi connectivity index (χ1v) is 14.6. The number of hydrogen-bond donors (Lipinski definition) is 3. The predicted molar refractivity (Wildman–Crippen MR) is 143 cm³/mol. The molecule has 220 valence electrons. The van der Waals surface area contributed by atoms with Crippen LogP contribution in [0, 0.1) is 29.3 Å². The van der Waals surface area contributed by atoms with Crippen molar-refractivity contribution in [3.8, 4) is 0 Å². The first-order valence-electron chi connectivity index (χ1n) is 12.7. The van der Waals surface area contributed by atoms with E-state index in [1.807, 2.05) is 0 Å². The average Bonchev–Trinajstić information content (AvgIpc) is 2.88. The first kappa shape index (κ1) is 31.9. The van der Waals surface area contributed by atoms with Crippen LogP contribution in [0.4, 0.5) is 18.9 Å². The molecular formula is C27H32ClF3N2O6S. The fourth-order valence-electron chi connectivity index (χ4n) is 5.20. The molecule has 0 bridgehead atoms. The zero-order valence-electron chi connectivity index (χ0n) is 22.3. The molecule has 0 saturated heterocycles. The van der Waals surface area contributed by atoms with Crippen LogP contribution in [0.1, 0.15) is 49.9 Å². The summed E-state index contributed by atoms with van der Waals surface area (Å²) >= 11 is 6.25. The maximum absolute atomic E-state index is 13.8. The van der Waals surface area contributed by atoms with Gasteiger partial charge in [0.1, 0.15) is 0 Å². The molecule has 0 spiro atoms. The number of sulfone groups is 1. The molecule has 2 aromatic carbocycles. The lowest BCUT2D eigenvalue weighted by atomic mass is 9.66. The number of halogens is 4. The van der Waals surface area contributed by atoms with Crippen molar-refractivity contribution in [3.63, 3.8) is 0 Å². The van der Waals surface area contributed by atoms with Crippen molar-refractivity contribution in [2.24, 2.45) is 11.8 Å². The van der Waals surface area contributed by atoms with Crippen molar-refractivity contribution in [1.82, 2.24) is 5.32 Å². The molecule has 4 atom stereocenters. The zero-order valence-corrected chi connectivity index (χ0v) is 23.8. The van der Waals surface area contributed by atoms with Crippen LogP contribution in [0.25, 0.3) is 0 Å². The quantitative estimate of drug-likeness (QED) is 0.271. The van der Waals surface area contributed by atoms with Gasteiger partial charge in [-0.2, -0.15) is 0 Å². The Bertz CT molecular complexity index is 1350. The number of benzene rings is 2. The van der Waals surface area contributed by atoms with Gasteiger partial charge in [-0.05, 0) is 42.9 Å². The molecule has 1 aliphatic carbocycles. The number of aliphatic hydroxyl groups is 1. The van der Waals surface area contributed by atoms with Gasteiger partial charge in [0.25, 0.3) is 5.91 Å². The molecule has 0 radical (unpaired) electrons. The highest BCUT2D eigenvalue weighted by molar-refractivity contribution is 7.92. The Hall–Kier alpha value is -2.67. The fourth-order valence-corrected chi connectivity index (χ4v) is 7.65. The molecule has 2 aromatic rings. The lowest BCUT2D eigenvalue weighted by Gasteiger charge is -2.47. The summed E-state index contributed by atoms with van der Waals surface area (Å²) in [5.74, 6) is -7.03. The summed E-state index contributed by atoms with van der Waals surface area (Å²) in [6.07, 6.45) is 0.330. The van der Waals surface area contributed by atoms with Gasteiger partial charge in [-0.3, -0.25) is 9.59 Å². The number of ether oxygens (including phenoxy) is 1. The van der Waals surface area contributed by atoms with Crippen molar-refractivity contribution in [2.75, 3.05) is 25.6 Å². The van der Waals surface area contributed by atoms with Crippen molar-refractivity contribution in [2.45, 2.75) is 55.3 Å². The number of methoxy groups -OCH3 is 1. The summed E-state index contributed by atoms with van der Waals surface area (Å²) in [6, 6.07) is 4.72. The van der Waals surface area contributed by atoms with Gasteiger partial charge >= 0.3 is 0 Å². The van der Waals surface area contributed by atoms with E-state index in [9.17, 15) is 36.3 Å². The second-order valence-corrected chi connectivity index (χ2v) is 12.6. The lowest BCUT2D eigenvalue weighted by Crippen LogP contribution is -2.54. The Morgan fingerprint density at radius 3 is 2.40 bits per heavy atom.